The van der Waals surface area contributed by atoms with Crippen LogP contribution in [0.5, 0.6) is 5.75 Å². The van der Waals surface area contributed by atoms with E-state index in [1.165, 1.54) is 4.68 Å². The lowest BCUT2D eigenvalue weighted by molar-refractivity contribution is -0.386. The molecule has 0 amide bonds. The van der Waals surface area contributed by atoms with E-state index in [1.54, 1.807) is 33.1 Å². The van der Waals surface area contributed by atoms with Gasteiger partial charge in [0, 0.05) is 5.56 Å². The first-order valence-electron chi connectivity index (χ1n) is 7.15. The highest BCUT2D eigenvalue weighted by atomic mass is 16.6. The summed E-state index contributed by atoms with van der Waals surface area (Å²) in [5.41, 5.74) is 1.58. The Hall–Kier alpha value is -3.23. The molecule has 2 aromatic heterocycles. The fourth-order valence-electron chi connectivity index (χ4n) is 2.41. The maximum atomic E-state index is 11.0. The van der Waals surface area contributed by atoms with E-state index < -0.39 is 4.92 Å². The van der Waals surface area contributed by atoms with E-state index in [4.69, 9.17) is 9.26 Å². The van der Waals surface area contributed by atoms with E-state index in [0.717, 1.165) is 11.3 Å². The lowest BCUT2D eigenvalue weighted by Crippen LogP contribution is -2.05. The Morgan fingerprint density at radius 2 is 2.00 bits per heavy atom. The smallest absolute Gasteiger partial charge is 0.312 e. The van der Waals surface area contributed by atoms with Crippen molar-refractivity contribution >= 4 is 5.69 Å². The van der Waals surface area contributed by atoms with Gasteiger partial charge in [0.1, 0.15) is 23.7 Å². The third-order valence-corrected chi connectivity index (χ3v) is 3.62. The van der Waals surface area contributed by atoms with Crippen molar-refractivity contribution in [3.8, 4) is 17.2 Å². The normalized spacial score (nSPS) is 10.8. The molecule has 0 radical (unpaired) electrons. The molecule has 0 unspecified atom stereocenters. The van der Waals surface area contributed by atoms with Gasteiger partial charge >= 0.3 is 5.69 Å². The van der Waals surface area contributed by atoms with Gasteiger partial charge < -0.3 is 9.26 Å². The van der Waals surface area contributed by atoms with E-state index in [9.17, 15) is 10.1 Å². The predicted octanol–water partition coefficient (Wildman–Crippen LogP) is 2.52. The van der Waals surface area contributed by atoms with Gasteiger partial charge in [0.15, 0.2) is 5.82 Å². The molecule has 9 nitrogen and oxygen atoms in total. The number of ether oxygens (including phenoxy) is 1. The van der Waals surface area contributed by atoms with E-state index in [1.807, 2.05) is 12.1 Å². The monoisotopic (exact) mass is 329 g/mol. The standard InChI is InChI=1S/C15H15N5O4/c1-9-14(20(21)22)10(2)19(17-9)8-13-16-15(24-18-13)11-4-6-12(23-3)7-5-11/h4-7H,8H2,1-3H3. The summed E-state index contributed by atoms with van der Waals surface area (Å²) in [6.07, 6.45) is 0. The number of nitro groups is 1. The minimum absolute atomic E-state index is 0.00822. The van der Waals surface area contributed by atoms with Crippen molar-refractivity contribution in [3.63, 3.8) is 0 Å². The fourth-order valence-corrected chi connectivity index (χ4v) is 2.41. The number of benzene rings is 1. The van der Waals surface area contributed by atoms with Crippen LogP contribution in [-0.4, -0.2) is 32.0 Å². The zero-order valence-electron chi connectivity index (χ0n) is 13.4. The zero-order chi connectivity index (χ0) is 17.3. The highest BCUT2D eigenvalue weighted by molar-refractivity contribution is 5.54. The Morgan fingerprint density at radius 3 is 2.58 bits per heavy atom. The number of hydrogen-bond acceptors (Lipinski definition) is 7. The predicted molar refractivity (Wildman–Crippen MR) is 83.7 cm³/mol. The van der Waals surface area contributed by atoms with Gasteiger partial charge in [0.2, 0.25) is 0 Å². The number of rotatable bonds is 5. The van der Waals surface area contributed by atoms with Crippen LogP contribution in [0, 0.1) is 24.0 Å². The Balaban J connectivity index is 1.84. The van der Waals surface area contributed by atoms with Crippen LogP contribution in [0.25, 0.3) is 11.5 Å². The first-order valence-corrected chi connectivity index (χ1v) is 7.15. The van der Waals surface area contributed by atoms with Gasteiger partial charge in [-0.1, -0.05) is 5.16 Å². The van der Waals surface area contributed by atoms with Crippen molar-refractivity contribution < 1.29 is 14.2 Å². The summed E-state index contributed by atoms with van der Waals surface area (Å²) in [7, 11) is 1.59. The number of nitrogens with zero attached hydrogens (tertiary/aromatic N) is 5. The molecule has 0 N–H and O–H groups in total. The quantitative estimate of drug-likeness (QED) is 0.522. The molecule has 0 bridgehead atoms. The molecule has 0 aliphatic carbocycles. The van der Waals surface area contributed by atoms with E-state index in [2.05, 4.69) is 15.2 Å². The summed E-state index contributed by atoms with van der Waals surface area (Å²) in [6, 6.07) is 7.21. The van der Waals surface area contributed by atoms with Gasteiger partial charge in [-0.3, -0.25) is 14.8 Å². The van der Waals surface area contributed by atoms with Crippen molar-refractivity contribution in [1.82, 2.24) is 19.9 Å². The zero-order valence-corrected chi connectivity index (χ0v) is 13.4. The fraction of sp³-hybridized carbons (Fsp3) is 0.267. The summed E-state index contributed by atoms with van der Waals surface area (Å²) >= 11 is 0. The molecule has 0 aliphatic rings. The van der Waals surface area contributed by atoms with Crippen LogP contribution in [0.2, 0.25) is 0 Å². The Labute approximate surface area is 137 Å². The lowest BCUT2D eigenvalue weighted by Gasteiger charge is -1.99. The van der Waals surface area contributed by atoms with Gasteiger partial charge in [-0.25, -0.2) is 0 Å². The average Bonchev–Trinajstić information content (AvgIpc) is 3.13. The van der Waals surface area contributed by atoms with Crippen LogP contribution in [0.1, 0.15) is 17.2 Å². The van der Waals surface area contributed by atoms with Crippen LogP contribution in [0.15, 0.2) is 28.8 Å². The van der Waals surface area contributed by atoms with Crippen molar-refractivity contribution in [2.45, 2.75) is 20.4 Å². The minimum Gasteiger partial charge on any atom is -0.497 e. The largest absolute Gasteiger partial charge is 0.497 e. The number of aryl methyl sites for hydroxylation is 1. The molecule has 1 aromatic carbocycles. The summed E-state index contributed by atoms with van der Waals surface area (Å²) in [4.78, 5) is 14.9. The second-order valence-corrected chi connectivity index (χ2v) is 5.18. The maximum Gasteiger partial charge on any atom is 0.312 e. The van der Waals surface area contributed by atoms with Crippen LogP contribution in [-0.2, 0) is 6.54 Å². The molecule has 0 saturated heterocycles. The molecule has 0 spiro atoms. The van der Waals surface area contributed by atoms with Gasteiger partial charge in [-0.2, -0.15) is 10.1 Å². The molecule has 0 saturated carbocycles. The molecule has 9 heteroatoms. The summed E-state index contributed by atoms with van der Waals surface area (Å²) < 4.78 is 11.8. The topological polar surface area (TPSA) is 109 Å². The Kier molecular flexibility index (Phi) is 3.98. The second-order valence-electron chi connectivity index (χ2n) is 5.18. The Morgan fingerprint density at radius 1 is 1.29 bits per heavy atom. The number of hydrogen-bond donors (Lipinski definition) is 0. The molecule has 0 fully saturated rings. The maximum absolute atomic E-state index is 11.0. The average molecular weight is 329 g/mol. The molecule has 124 valence electrons. The van der Waals surface area contributed by atoms with E-state index >= 15 is 0 Å². The van der Waals surface area contributed by atoms with Crippen LogP contribution in [0.4, 0.5) is 5.69 Å². The van der Waals surface area contributed by atoms with Gasteiger partial charge in [0.25, 0.3) is 5.89 Å². The molecule has 3 rings (SSSR count). The van der Waals surface area contributed by atoms with Crippen LogP contribution < -0.4 is 4.74 Å². The molecular weight excluding hydrogens is 314 g/mol. The molecule has 0 aliphatic heterocycles. The summed E-state index contributed by atoms with van der Waals surface area (Å²) in [5.74, 6) is 1.48. The summed E-state index contributed by atoms with van der Waals surface area (Å²) in [5, 5.41) is 19.1. The molecule has 2 heterocycles. The number of aromatic nitrogens is 4. The van der Waals surface area contributed by atoms with Crippen molar-refractivity contribution in [2.24, 2.45) is 0 Å². The van der Waals surface area contributed by atoms with Crippen molar-refractivity contribution in [2.75, 3.05) is 7.11 Å². The second kappa shape index (κ2) is 6.11. The number of methoxy groups -OCH3 is 1. The first kappa shape index (κ1) is 15.7. The molecule has 0 atom stereocenters. The van der Waals surface area contributed by atoms with Gasteiger partial charge in [-0.15, -0.1) is 0 Å². The third kappa shape index (κ3) is 2.83. The highest BCUT2D eigenvalue weighted by Crippen LogP contribution is 2.23. The first-order chi connectivity index (χ1) is 11.5. The van der Waals surface area contributed by atoms with E-state index in [-0.39, 0.29) is 12.2 Å². The lowest BCUT2D eigenvalue weighted by atomic mass is 10.2. The molecule has 3 aromatic rings. The van der Waals surface area contributed by atoms with E-state index in [0.29, 0.717) is 23.1 Å². The van der Waals surface area contributed by atoms with Crippen LogP contribution >= 0.6 is 0 Å². The highest BCUT2D eigenvalue weighted by Gasteiger charge is 2.22. The minimum atomic E-state index is -0.437. The van der Waals surface area contributed by atoms with Gasteiger partial charge in [0.05, 0.1) is 12.0 Å². The van der Waals surface area contributed by atoms with Crippen LogP contribution in [0.3, 0.4) is 0 Å². The van der Waals surface area contributed by atoms with Crippen molar-refractivity contribution in [1.29, 1.82) is 0 Å². The Bertz CT molecular complexity index is 882. The molecular formula is C15H15N5O4. The van der Waals surface area contributed by atoms with Crippen molar-refractivity contribution in [3.05, 3.63) is 51.6 Å². The van der Waals surface area contributed by atoms with Gasteiger partial charge in [-0.05, 0) is 38.1 Å². The summed E-state index contributed by atoms with van der Waals surface area (Å²) in [6.45, 7) is 3.43. The SMILES string of the molecule is COc1ccc(-c2nc(Cn3nc(C)c([N+](=O)[O-])c3C)no2)cc1. The molecule has 24 heavy (non-hydrogen) atoms. The third-order valence-electron chi connectivity index (χ3n) is 3.62.